The molecule has 3 rings (SSSR count). The maximum absolute atomic E-state index is 12.9. The van der Waals surface area contributed by atoms with Gasteiger partial charge in [-0.15, -0.1) is 0 Å². The fraction of sp³-hybridized carbons (Fsp3) is 0.350. The zero-order valence-electron chi connectivity index (χ0n) is 13.1. The van der Waals surface area contributed by atoms with E-state index in [0.717, 1.165) is 35.1 Å². The van der Waals surface area contributed by atoms with Crippen LogP contribution in [0.25, 0.3) is 0 Å². The van der Waals surface area contributed by atoms with E-state index < -0.39 is 0 Å². The highest BCUT2D eigenvalue weighted by Gasteiger charge is 2.17. The van der Waals surface area contributed by atoms with Gasteiger partial charge >= 0.3 is 0 Å². The molecule has 1 heteroatoms. The third kappa shape index (κ3) is 2.65. The lowest BCUT2D eigenvalue weighted by molar-refractivity contribution is 0.103. The molecule has 108 valence electrons. The molecule has 0 saturated carbocycles. The Morgan fingerprint density at radius 1 is 0.857 bits per heavy atom. The smallest absolute Gasteiger partial charge is 0.193 e. The normalized spacial score (nSPS) is 13.9. The van der Waals surface area contributed by atoms with Crippen LogP contribution in [0.15, 0.2) is 30.3 Å². The van der Waals surface area contributed by atoms with E-state index in [-0.39, 0.29) is 5.78 Å². The predicted molar refractivity (Wildman–Crippen MR) is 87.2 cm³/mol. The van der Waals surface area contributed by atoms with Crippen LogP contribution in [0.5, 0.6) is 0 Å². The van der Waals surface area contributed by atoms with Crippen LogP contribution in [-0.2, 0) is 12.8 Å². The molecule has 0 N–H and O–H groups in total. The monoisotopic (exact) mass is 278 g/mol. The molecule has 0 heterocycles. The minimum absolute atomic E-state index is 0.165. The zero-order valence-corrected chi connectivity index (χ0v) is 13.1. The molecule has 0 spiro atoms. The Morgan fingerprint density at radius 3 is 2.14 bits per heavy atom. The second-order valence-corrected chi connectivity index (χ2v) is 6.29. The number of ketones is 1. The van der Waals surface area contributed by atoms with Crippen molar-refractivity contribution in [3.05, 3.63) is 69.3 Å². The molecule has 2 aromatic rings. The molecule has 1 nitrogen and oxygen atoms in total. The van der Waals surface area contributed by atoms with Gasteiger partial charge in [-0.2, -0.15) is 0 Å². The highest BCUT2D eigenvalue weighted by molar-refractivity contribution is 6.11. The fourth-order valence-electron chi connectivity index (χ4n) is 3.56. The first kappa shape index (κ1) is 14.1. The Kier molecular flexibility index (Phi) is 3.67. The Morgan fingerprint density at radius 2 is 1.48 bits per heavy atom. The van der Waals surface area contributed by atoms with Crippen molar-refractivity contribution < 1.29 is 4.79 Å². The van der Waals surface area contributed by atoms with Crippen LogP contribution in [-0.4, -0.2) is 5.78 Å². The average molecular weight is 278 g/mol. The van der Waals surface area contributed by atoms with E-state index in [1.165, 1.54) is 29.5 Å². The van der Waals surface area contributed by atoms with E-state index in [1.807, 2.05) is 19.9 Å². The summed E-state index contributed by atoms with van der Waals surface area (Å²) >= 11 is 0. The molecule has 0 saturated heterocycles. The Hall–Kier alpha value is -1.89. The molecule has 0 radical (unpaired) electrons. The van der Waals surface area contributed by atoms with Crippen LogP contribution in [0.1, 0.15) is 56.6 Å². The van der Waals surface area contributed by atoms with E-state index in [1.54, 1.807) is 0 Å². The van der Waals surface area contributed by atoms with Gasteiger partial charge < -0.3 is 0 Å². The van der Waals surface area contributed by atoms with E-state index >= 15 is 0 Å². The quantitative estimate of drug-likeness (QED) is 0.726. The number of carbonyl (C=O) groups excluding carboxylic acids is 1. The van der Waals surface area contributed by atoms with Gasteiger partial charge in [-0.25, -0.2) is 0 Å². The third-order valence-corrected chi connectivity index (χ3v) is 4.51. The van der Waals surface area contributed by atoms with Crippen molar-refractivity contribution >= 4 is 5.78 Å². The Bertz CT molecular complexity index is 687. The van der Waals surface area contributed by atoms with Gasteiger partial charge in [0.2, 0.25) is 0 Å². The zero-order chi connectivity index (χ0) is 15.0. The van der Waals surface area contributed by atoms with E-state index in [9.17, 15) is 4.79 Å². The summed E-state index contributed by atoms with van der Waals surface area (Å²) in [7, 11) is 0. The summed E-state index contributed by atoms with van der Waals surface area (Å²) in [6.45, 7) is 6.14. The molecule has 21 heavy (non-hydrogen) atoms. The van der Waals surface area contributed by atoms with Gasteiger partial charge in [0.25, 0.3) is 0 Å². The molecule has 0 unspecified atom stereocenters. The summed E-state index contributed by atoms with van der Waals surface area (Å²) in [6, 6.07) is 10.5. The molecule has 0 bridgehead atoms. The summed E-state index contributed by atoms with van der Waals surface area (Å²) in [5, 5.41) is 0. The summed E-state index contributed by atoms with van der Waals surface area (Å²) in [5.41, 5.74) is 7.88. The van der Waals surface area contributed by atoms with Crippen molar-refractivity contribution in [3.8, 4) is 0 Å². The molecular weight excluding hydrogens is 256 g/mol. The van der Waals surface area contributed by atoms with E-state index in [0.29, 0.717) is 0 Å². The second kappa shape index (κ2) is 5.48. The number of rotatable bonds is 2. The molecule has 2 aromatic carbocycles. The van der Waals surface area contributed by atoms with Gasteiger partial charge in [-0.1, -0.05) is 29.8 Å². The number of carbonyl (C=O) groups is 1. The van der Waals surface area contributed by atoms with Crippen LogP contribution >= 0.6 is 0 Å². The Balaban J connectivity index is 2.03. The third-order valence-electron chi connectivity index (χ3n) is 4.51. The summed E-state index contributed by atoms with van der Waals surface area (Å²) < 4.78 is 0. The second-order valence-electron chi connectivity index (χ2n) is 6.29. The van der Waals surface area contributed by atoms with Crippen LogP contribution in [0.3, 0.4) is 0 Å². The van der Waals surface area contributed by atoms with Crippen molar-refractivity contribution in [1.29, 1.82) is 0 Å². The van der Waals surface area contributed by atoms with Crippen LogP contribution < -0.4 is 0 Å². The molecular formula is C20H22O. The topological polar surface area (TPSA) is 17.1 Å². The molecule has 0 atom stereocenters. The van der Waals surface area contributed by atoms with Gasteiger partial charge in [-0.05, 0) is 74.8 Å². The number of hydrogen-bond donors (Lipinski definition) is 0. The van der Waals surface area contributed by atoms with E-state index in [4.69, 9.17) is 0 Å². The lowest BCUT2D eigenvalue weighted by atomic mass is 9.87. The first-order valence-corrected chi connectivity index (χ1v) is 7.80. The minimum atomic E-state index is 0.165. The van der Waals surface area contributed by atoms with Gasteiger partial charge in [0.1, 0.15) is 0 Å². The largest absolute Gasteiger partial charge is 0.289 e. The van der Waals surface area contributed by atoms with Crippen molar-refractivity contribution in [2.45, 2.75) is 46.5 Å². The molecule has 0 aromatic heterocycles. The lowest BCUT2D eigenvalue weighted by Gasteiger charge is -2.17. The number of fused-ring (bicyclic) bond motifs is 1. The highest BCUT2D eigenvalue weighted by Crippen LogP contribution is 2.25. The fourth-order valence-corrected chi connectivity index (χ4v) is 3.56. The van der Waals surface area contributed by atoms with Crippen molar-refractivity contribution in [3.63, 3.8) is 0 Å². The van der Waals surface area contributed by atoms with Crippen molar-refractivity contribution in [2.24, 2.45) is 0 Å². The SMILES string of the molecule is Cc1cc(C)c(C(=O)c2ccc3c(c2)CCCC3)c(C)c1. The van der Waals surface area contributed by atoms with E-state index in [2.05, 4.69) is 31.2 Å². The lowest BCUT2D eigenvalue weighted by Crippen LogP contribution is -2.09. The standard InChI is InChI=1S/C20H22O/c1-13-10-14(2)19(15(3)11-13)20(21)18-9-8-16-6-4-5-7-17(16)12-18/h8-12H,4-7H2,1-3H3. The summed E-state index contributed by atoms with van der Waals surface area (Å²) in [6.07, 6.45) is 4.79. The Labute approximate surface area is 127 Å². The minimum Gasteiger partial charge on any atom is -0.289 e. The van der Waals surface area contributed by atoms with Crippen LogP contribution in [0, 0.1) is 20.8 Å². The number of hydrogen-bond acceptors (Lipinski definition) is 1. The van der Waals surface area contributed by atoms with Crippen molar-refractivity contribution in [2.75, 3.05) is 0 Å². The maximum atomic E-state index is 12.9. The first-order chi connectivity index (χ1) is 10.1. The molecule has 0 fully saturated rings. The van der Waals surface area contributed by atoms with Gasteiger partial charge in [0, 0.05) is 11.1 Å². The maximum Gasteiger partial charge on any atom is 0.193 e. The van der Waals surface area contributed by atoms with Gasteiger partial charge in [0.15, 0.2) is 5.78 Å². The first-order valence-electron chi connectivity index (χ1n) is 7.80. The van der Waals surface area contributed by atoms with Gasteiger partial charge in [-0.3, -0.25) is 4.79 Å². The predicted octanol–water partition coefficient (Wildman–Crippen LogP) is 4.72. The van der Waals surface area contributed by atoms with Crippen LogP contribution in [0.2, 0.25) is 0 Å². The highest BCUT2D eigenvalue weighted by atomic mass is 16.1. The molecule has 0 amide bonds. The number of aryl methyl sites for hydroxylation is 5. The van der Waals surface area contributed by atoms with Gasteiger partial charge in [0.05, 0.1) is 0 Å². The number of benzene rings is 2. The summed E-state index contributed by atoms with van der Waals surface area (Å²) in [5.74, 6) is 0.165. The van der Waals surface area contributed by atoms with Crippen LogP contribution in [0.4, 0.5) is 0 Å². The average Bonchev–Trinajstić information content (AvgIpc) is 2.45. The molecule has 1 aliphatic carbocycles. The summed E-state index contributed by atoms with van der Waals surface area (Å²) in [4.78, 5) is 12.9. The van der Waals surface area contributed by atoms with Crippen molar-refractivity contribution in [1.82, 2.24) is 0 Å². The molecule has 0 aliphatic heterocycles. The molecule has 1 aliphatic rings.